The second-order valence-electron chi connectivity index (χ2n) is 4.32. The average molecular weight is 228 g/mol. The number of pyridine rings is 1. The molecule has 1 heterocycles. The average Bonchev–Trinajstić information content (AvgIpc) is 2.50. The summed E-state index contributed by atoms with van der Waals surface area (Å²) in [6.45, 7) is 0. The number of aromatic nitrogens is 1. The minimum Gasteiger partial charge on any atom is -0.320 e. The lowest BCUT2D eigenvalue weighted by molar-refractivity contribution is 0.604. The van der Waals surface area contributed by atoms with Crippen molar-refractivity contribution in [3.05, 3.63) is 64.7 Å². The van der Waals surface area contributed by atoms with E-state index in [9.17, 15) is 4.39 Å². The first kappa shape index (κ1) is 10.4. The predicted molar refractivity (Wildman–Crippen MR) is 64.1 cm³/mol. The van der Waals surface area contributed by atoms with E-state index in [1.165, 1.54) is 6.07 Å². The Kier molecular flexibility index (Phi) is 2.41. The van der Waals surface area contributed by atoms with Crippen LogP contribution in [0, 0.1) is 5.82 Å². The number of nitrogens with zero attached hydrogens (tertiary/aromatic N) is 1. The van der Waals surface area contributed by atoms with Crippen LogP contribution in [-0.4, -0.2) is 4.98 Å². The number of benzene rings is 1. The molecule has 0 fully saturated rings. The second kappa shape index (κ2) is 3.93. The third kappa shape index (κ3) is 1.63. The summed E-state index contributed by atoms with van der Waals surface area (Å²) in [5.41, 5.74) is 9.83. The molecule has 0 aliphatic heterocycles. The maximum atomic E-state index is 13.8. The van der Waals surface area contributed by atoms with Crippen molar-refractivity contribution in [3.63, 3.8) is 0 Å². The molecule has 0 saturated carbocycles. The van der Waals surface area contributed by atoms with Crippen molar-refractivity contribution in [3.8, 4) is 0 Å². The van der Waals surface area contributed by atoms with Gasteiger partial charge < -0.3 is 5.73 Å². The van der Waals surface area contributed by atoms with Gasteiger partial charge in [0.25, 0.3) is 0 Å². The highest BCUT2D eigenvalue weighted by Crippen LogP contribution is 2.30. The molecule has 3 heteroatoms. The van der Waals surface area contributed by atoms with Crippen LogP contribution in [0.5, 0.6) is 0 Å². The van der Waals surface area contributed by atoms with Gasteiger partial charge in [-0.1, -0.05) is 18.2 Å². The largest absolute Gasteiger partial charge is 0.320 e. The maximum Gasteiger partial charge on any atom is 0.126 e. The number of hydrogen-bond donors (Lipinski definition) is 1. The molecule has 0 amide bonds. The van der Waals surface area contributed by atoms with Crippen LogP contribution in [0.4, 0.5) is 4.39 Å². The number of nitrogens with two attached hydrogens (primary N) is 1. The molecule has 1 atom stereocenters. The third-order valence-electron chi connectivity index (χ3n) is 3.36. The quantitative estimate of drug-likeness (QED) is 0.751. The van der Waals surface area contributed by atoms with Crippen LogP contribution in [0.3, 0.4) is 0 Å². The molecule has 17 heavy (non-hydrogen) atoms. The van der Waals surface area contributed by atoms with Crippen LogP contribution >= 0.6 is 0 Å². The SMILES string of the molecule is NC1c2cccnc2CCc2c(F)cccc21. The molecule has 1 aromatic heterocycles. The van der Waals surface area contributed by atoms with E-state index in [0.717, 1.165) is 28.8 Å². The van der Waals surface area contributed by atoms with E-state index in [0.29, 0.717) is 6.42 Å². The molecule has 1 unspecified atom stereocenters. The summed E-state index contributed by atoms with van der Waals surface area (Å²) in [6, 6.07) is 8.71. The van der Waals surface area contributed by atoms with Gasteiger partial charge >= 0.3 is 0 Å². The van der Waals surface area contributed by atoms with E-state index in [4.69, 9.17) is 5.73 Å². The van der Waals surface area contributed by atoms with Gasteiger partial charge in [-0.2, -0.15) is 0 Å². The molecule has 2 N–H and O–H groups in total. The molecule has 0 saturated heterocycles. The van der Waals surface area contributed by atoms with Crippen molar-refractivity contribution in [2.75, 3.05) is 0 Å². The van der Waals surface area contributed by atoms with E-state index in [2.05, 4.69) is 4.98 Å². The smallest absolute Gasteiger partial charge is 0.126 e. The van der Waals surface area contributed by atoms with E-state index < -0.39 is 0 Å². The summed E-state index contributed by atoms with van der Waals surface area (Å²) in [4.78, 5) is 4.34. The standard InChI is InChI=1S/C14H13FN2/c15-12-5-1-3-10-9(12)6-7-13-11(14(10)16)4-2-8-17-13/h1-5,8,14H,6-7,16H2. The van der Waals surface area contributed by atoms with Gasteiger partial charge in [-0.3, -0.25) is 4.98 Å². The topological polar surface area (TPSA) is 38.9 Å². The fourth-order valence-corrected chi connectivity index (χ4v) is 2.48. The van der Waals surface area contributed by atoms with Gasteiger partial charge in [-0.25, -0.2) is 4.39 Å². The van der Waals surface area contributed by atoms with Crippen LogP contribution in [0.25, 0.3) is 0 Å². The van der Waals surface area contributed by atoms with Gasteiger partial charge in [-0.05, 0) is 41.7 Å². The normalized spacial score (nSPS) is 18.1. The Morgan fingerprint density at radius 2 is 1.94 bits per heavy atom. The van der Waals surface area contributed by atoms with Crippen molar-refractivity contribution in [1.29, 1.82) is 0 Å². The summed E-state index contributed by atoms with van der Waals surface area (Å²) >= 11 is 0. The molecular formula is C14H13FN2. The zero-order valence-corrected chi connectivity index (χ0v) is 9.36. The van der Waals surface area contributed by atoms with Gasteiger partial charge in [0.15, 0.2) is 0 Å². The minimum atomic E-state index is -0.271. The fourth-order valence-electron chi connectivity index (χ4n) is 2.48. The first-order valence-corrected chi connectivity index (χ1v) is 5.74. The van der Waals surface area contributed by atoms with Crippen LogP contribution in [-0.2, 0) is 12.8 Å². The molecule has 3 rings (SSSR count). The first-order chi connectivity index (χ1) is 8.27. The lowest BCUT2D eigenvalue weighted by Gasteiger charge is -2.14. The molecule has 0 spiro atoms. The third-order valence-corrected chi connectivity index (χ3v) is 3.36. The number of aryl methyl sites for hydroxylation is 1. The van der Waals surface area contributed by atoms with Crippen molar-refractivity contribution < 1.29 is 4.39 Å². The Bertz CT molecular complexity index is 566. The highest BCUT2D eigenvalue weighted by molar-refractivity contribution is 5.42. The zero-order chi connectivity index (χ0) is 11.8. The predicted octanol–water partition coefficient (Wildman–Crippen LogP) is 2.37. The second-order valence-corrected chi connectivity index (χ2v) is 4.32. The van der Waals surface area contributed by atoms with E-state index in [-0.39, 0.29) is 11.9 Å². The summed E-state index contributed by atoms with van der Waals surface area (Å²) < 4.78 is 13.8. The van der Waals surface area contributed by atoms with Gasteiger partial charge in [0.1, 0.15) is 5.82 Å². The lowest BCUT2D eigenvalue weighted by atomic mass is 9.97. The van der Waals surface area contributed by atoms with Crippen LogP contribution in [0.2, 0.25) is 0 Å². The summed E-state index contributed by atoms with van der Waals surface area (Å²) in [7, 11) is 0. The van der Waals surface area contributed by atoms with Gasteiger partial charge in [0.2, 0.25) is 0 Å². The monoisotopic (exact) mass is 228 g/mol. The van der Waals surface area contributed by atoms with Crippen molar-refractivity contribution in [2.45, 2.75) is 18.9 Å². The molecular weight excluding hydrogens is 215 g/mol. The highest BCUT2D eigenvalue weighted by atomic mass is 19.1. The zero-order valence-electron chi connectivity index (χ0n) is 9.36. The summed E-state index contributed by atoms with van der Waals surface area (Å²) in [5, 5.41) is 0. The number of hydrogen-bond acceptors (Lipinski definition) is 2. The Balaban J connectivity index is 2.20. The number of fused-ring (bicyclic) bond motifs is 2. The van der Waals surface area contributed by atoms with E-state index in [1.807, 2.05) is 18.2 Å². The van der Waals surface area contributed by atoms with Crippen molar-refractivity contribution in [2.24, 2.45) is 5.73 Å². The van der Waals surface area contributed by atoms with Crippen LogP contribution < -0.4 is 5.73 Å². The Hall–Kier alpha value is -1.74. The Morgan fingerprint density at radius 1 is 1.12 bits per heavy atom. The van der Waals surface area contributed by atoms with Gasteiger partial charge in [0.05, 0.1) is 6.04 Å². The van der Waals surface area contributed by atoms with Crippen LogP contribution in [0.1, 0.15) is 28.4 Å². The van der Waals surface area contributed by atoms with Gasteiger partial charge in [0, 0.05) is 11.9 Å². The lowest BCUT2D eigenvalue weighted by Crippen LogP contribution is -2.14. The van der Waals surface area contributed by atoms with E-state index in [1.54, 1.807) is 12.3 Å². The molecule has 2 aromatic rings. The fraction of sp³-hybridized carbons (Fsp3) is 0.214. The molecule has 0 bridgehead atoms. The maximum absolute atomic E-state index is 13.8. The molecule has 1 aromatic carbocycles. The highest BCUT2D eigenvalue weighted by Gasteiger charge is 2.22. The Labute approximate surface area is 99.3 Å². The Morgan fingerprint density at radius 3 is 2.82 bits per heavy atom. The number of halogens is 1. The van der Waals surface area contributed by atoms with Crippen LogP contribution in [0.15, 0.2) is 36.5 Å². The minimum absolute atomic E-state index is 0.161. The van der Waals surface area contributed by atoms with Crippen molar-refractivity contribution >= 4 is 0 Å². The summed E-state index contributed by atoms with van der Waals surface area (Å²) in [6.07, 6.45) is 3.18. The molecule has 1 aliphatic carbocycles. The van der Waals surface area contributed by atoms with Gasteiger partial charge in [-0.15, -0.1) is 0 Å². The molecule has 1 aliphatic rings. The molecule has 2 nitrogen and oxygen atoms in total. The number of rotatable bonds is 0. The summed E-state index contributed by atoms with van der Waals surface area (Å²) in [5.74, 6) is -0.161. The first-order valence-electron chi connectivity index (χ1n) is 5.74. The molecule has 0 radical (unpaired) electrons. The van der Waals surface area contributed by atoms with Crippen molar-refractivity contribution in [1.82, 2.24) is 4.98 Å². The van der Waals surface area contributed by atoms with E-state index >= 15 is 0 Å². The molecule has 86 valence electrons.